The van der Waals surface area contributed by atoms with Crippen LogP contribution in [0.4, 0.5) is 15.8 Å². The number of hydrogen-bond acceptors (Lipinski definition) is 3. The van der Waals surface area contributed by atoms with E-state index in [1.807, 2.05) is 0 Å². The summed E-state index contributed by atoms with van der Waals surface area (Å²) in [5.74, 6) is -1.40. The lowest BCUT2D eigenvalue weighted by molar-refractivity contribution is -0.114. The smallest absolute Gasteiger partial charge is 0.293 e. The minimum absolute atomic E-state index is 0.0364. The summed E-state index contributed by atoms with van der Waals surface area (Å²) in [7, 11) is 0. The number of rotatable bonds is 3. The highest BCUT2D eigenvalue weighted by Gasteiger charge is 2.21. The molecule has 0 bridgehead atoms. The number of fused-ring (bicyclic) bond motifs is 1. The van der Waals surface area contributed by atoms with Crippen molar-refractivity contribution in [1.29, 1.82) is 0 Å². The van der Waals surface area contributed by atoms with Crippen molar-refractivity contribution >= 4 is 34.2 Å². The van der Waals surface area contributed by atoms with Gasteiger partial charge in [-0.05, 0) is 30.3 Å². The van der Waals surface area contributed by atoms with Crippen LogP contribution in [0.15, 0.2) is 52.9 Å². The van der Waals surface area contributed by atoms with E-state index in [1.165, 1.54) is 25.1 Å². The van der Waals surface area contributed by atoms with Crippen LogP contribution < -0.4 is 10.6 Å². The van der Waals surface area contributed by atoms with Gasteiger partial charge in [-0.15, -0.1) is 0 Å². The second-order valence-corrected chi connectivity index (χ2v) is 4.95. The molecule has 2 N–H and O–H groups in total. The van der Waals surface area contributed by atoms with E-state index in [-0.39, 0.29) is 11.7 Å². The Bertz CT molecular complexity index is 902. The zero-order valence-electron chi connectivity index (χ0n) is 12.2. The Morgan fingerprint density at radius 2 is 1.83 bits per heavy atom. The third-order valence-corrected chi connectivity index (χ3v) is 3.19. The van der Waals surface area contributed by atoms with Crippen LogP contribution in [0.2, 0.25) is 0 Å². The number of nitrogens with one attached hydrogen (secondary N) is 2. The summed E-state index contributed by atoms with van der Waals surface area (Å²) in [5, 5.41) is 5.77. The van der Waals surface area contributed by atoms with E-state index in [2.05, 4.69) is 10.6 Å². The molecule has 0 unspecified atom stereocenters. The first-order valence-corrected chi connectivity index (χ1v) is 6.90. The predicted octanol–water partition coefficient (Wildman–Crippen LogP) is 3.78. The van der Waals surface area contributed by atoms with Crippen LogP contribution in [0.3, 0.4) is 0 Å². The SMILES string of the molecule is CC(=O)Nc1c(C(=O)Nc2cccc(F)c2)oc2ccccc12. The molecular weight excluding hydrogens is 299 g/mol. The first-order valence-electron chi connectivity index (χ1n) is 6.90. The number of halogens is 1. The zero-order valence-corrected chi connectivity index (χ0v) is 12.2. The molecule has 0 saturated heterocycles. The van der Waals surface area contributed by atoms with E-state index in [9.17, 15) is 14.0 Å². The molecule has 0 saturated carbocycles. The molecule has 1 heterocycles. The number of anilines is 2. The minimum atomic E-state index is -0.574. The average Bonchev–Trinajstić information content (AvgIpc) is 2.86. The highest BCUT2D eigenvalue weighted by Crippen LogP contribution is 2.31. The summed E-state index contributed by atoms with van der Waals surface area (Å²) in [6.07, 6.45) is 0. The first kappa shape index (κ1) is 14.8. The first-order chi connectivity index (χ1) is 11.0. The van der Waals surface area contributed by atoms with Crippen molar-refractivity contribution in [2.45, 2.75) is 6.92 Å². The fourth-order valence-electron chi connectivity index (χ4n) is 2.26. The van der Waals surface area contributed by atoms with E-state index < -0.39 is 11.7 Å². The molecule has 6 heteroatoms. The Morgan fingerprint density at radius 1 is 1.04 bits per heavy atom. The van der Waals surface area contributed by atoms with Crippen LogP contribution in [0.1, 0.15) is 17.5 Å². The van der Waals surface area contributed by atoms with Gasteiger partial charge in [-0.25, -0.2) is 4.39 Å². The van der Waals surface area contributed by atoms with Crippen molar-refractivity contribution in [2.24, 2.45) is 0 Å². The summed E-state index contributed by atoms with van der Waals surface area (Å²) in [6.45, 7) is 1.34. The highest BCUT2D eigenvalue weighted by atomic mass is 19.1. The van der Waals surface area contributed by atoms with Crippen LogP contribution in [0.5, 0.6) is 0 Å². The van der Waals surface area contributed by atoms with Gasteiger partial charge in [0.1, 0.15) is 17.1 Å². The summed E-state index contributed by atoms with van der Waals surface area (Å²) in [5.41, 5.74) is 1.06. The van der Waals surface area contributed by atoms with Crippen molar-refractivity contribution in [2.75, 3.05) is 10.6 Å². The number of furan rings is 1. The van der Waals surface area contributed by atoms with Crippen molar-refractivity contribution in [1.82, 2.24) is 0 Å². The number of carbonyl (C=O) groups excluding carboxylic acids is 2. The largest absolute Gasteiger partial charge is 0.449 e. The third kappa shape index (κ3) is 3.06. The molecule has 0 atom stereocenters. The topological polar surface area (TPSA) is 71.3 Å². The van der Waals surface area contributed by atoms with E-state index in [0.29, 0.717) is 22.3 Å². The standard InChI is InChI=1S/C17H13FN2O3/c1-10(21)19-15-13-7-2-3-8-14(13)23-16(15)17(22)20-12-6-4-5-11(18)9-12/h2-9H,1H3,(H,19,21)(H,20,22). The van der Waals surface area contributed by atoms with Crippen LogP contribution >= 0.6 is 0 Å². The maximum atomic E-state index is 13.2. The van der Waals surface area contributed by atoms with Crippen molar-refractivity contribution < 1.29 is 18.4 Å². The number of amides is 2. The molecule has 0 spiro atoms. The lowest BCUT2D eigenvalue weighted by Gasteiger charge is -2.05. The van der Waals surface area contributed by atoms with E-state index >= 15 is 0 Å². The van der Waals surface area contributed by atoms with Crippen molar-refractivity contribution in [3.8, 4) is 0 Å². The fraction of sp³-hybridized carbons (Fsp3) is 0.0588. The summed E-state index contributed by atoms with van der Waals surface area (Å²) in [4.78, 5) is 23.8. The second-order valence-electron chi connectivity index (χ2n) is 4.95. The molecule has 5 nitrogen and oxygen atoms in total. The molecule has 0 aliphatic rings. The van der Waals surface area contributed by atoms with Gasteiger partial charge in [0.2, 0.25) is 11.7 Å². The van der Waals surface area contributed by atoms with Gasteiger partial charge >= 0.3 is 0 Å². The second kappa shape index (κ2) is 5.92. The molecule has 2 amide bonds. The van der Waals surface area contributed by atoms with E-state index in [4.69, 9.17) is 4.42 Å². The monoisotopic (exact) mass is 312 g/mol. The highest BCUT2D eigenvalue weighted by molar-refractivity contribution is 6.14. The molecule has 0 radical (unpaired) electrons. The number of carbonyl (C=O) groups is 2. The molecule has 3 aromatic rings. The van der Waals surface area contributed by atoms with Gasteiger partial charge < -0.3 is 15.1 Å². The lowest BCUT2D eigenvalue weighted by atomic mass is 10.2. The number of hydrogen-bond donors (Lipinski definition) is 2. The molecular formula is C17H13FN2O3. The molecule has 0 aliphatic heterocycles. The minimum Gasteiger partial charge on any atom is -0.449 e. The van der Waals surface area contributed by atoms with Crippen LogP contribution in [0, 0.1) is 5.82 Å². The van der Waals surface area contributed by atoms with Crippen LogP contribution in [-0.2, 0) is 4.79 Å². The maximum Gasteiger partial charge on any atom is 0.293 e. The Labute approximate surface area is 131 Å². The summed E-state index contributed by atoms with van der Waals surface area (Å²) in [6, 6.07) is 12.5. The molecule has 3 rings (SSSR count). The van der Waals surface area contributed by atoms with Crippen molar-refractivity contribution in [3.63, 3.8) is 0 Å². The van der Waals surface area contributed by atoms with Gasteiger partial charge in [-0.2, -0.15) is 0 Å². The fourth-order valence-corrected chi connectivity index (χ4v) is 2.26. The van der Waals surface area contributed by atoms with E-state index in [1.54, 1.807) is 30.3 Å². The quantitative estimate of drug-likeness (QED) is 0.773. The third-order valence-electron chi connectivity index (χ3n) is 3.19. The molecule has 0 fully saturated rings. The Hall–Kier alpha value is -3.15. The molecule has 0 aliphatic carbocycles. The Balaban J connectivity index is 2.00. The van der Waals surface area contributed by atoms with Gasteiger partial charge in [0.25, 0.3) is 5.91 Å². The summed E-state index contributed by atoms with van der Waals surface area (Å²) >= 11 is 0. The van der Waals surface area contributed by atoms with Gasteiger partial charge in [-0.1, -0.05) is 18.2 Å². The Kier molecular flexibility index (Phi) is 3.80. The maximum absolute atomic E-state index is 13.2. The molecule has 23 heavy (non-hydrogen) atoms. The normalized spacial score (nSPS) is 10.5. The Morgan fingerprint density at radius 3 is 2.57 bits per heavy atom. The van der Waals surface area contributed by atoms with Crippen LogP contribution in [0.25, 0.3) is 11.0 Å². The predicted molar refractivity (Wildman–Crippen MR) is 84.9 cm³/mol. The number of para-hydroxylation sites is 1. The lowest BCUT2D eigenvalue weighted by Crippen LogP contribution is -2.15. The zero-order chi connectivity index (χ0) is 16.4. The number of benzene rings is 2. The van der Waals surface area contributed by atoms with Gasteiger partial charge in [0.05, 0.1) is 0 Å². The van der Waals surface area contributed by atoms with Crippen molar-refractivity contribution in [3.05, 3.63) is 60.1 Å². The van der Waals surface area contributed by atoms with Crippen LogP contribution in [-0.4, -0.2) is 11.8 Å². The molecule has 1 aromatic heterocycles. The van der Waals surface area contributed by atoms with Gasteiger partial charge in [0, 0.05) is 18.0 Å². The molecule has 116 valence electrons. The van der Waals surface area contributed by atoms with Gasteiger partial charge in [0.15, 0.2) is 0 Å². The van der Waals surface area contributed by atoms with E-state index in [0.717, 1.165) is 0 Å². The molecule has 2 aromatic carbocycles. The average molecular weight is 312 g/mol. The summed E-state index contributed by atoms with van der Waals surface area (Å²) < 4.78 is 18.8. The van der Waals surface area contributed by atoms with Gasteiger partial charge in [-0.3, -0.25) is 9.59 Å².